The van der Waals surface area contributed by atoms with E-state index in [0.29, 0.717) is 23.9 Å². The zero-order chi connectivity index (χ0) is 47.7. The molecule has 0 amide bonds. The first-order valence-corrected chi connectivity index (χ1v) is 27.5. The second-order valence-electron chi connectivity index (χ2n) is 19.9. The molecule has 0 aromatic rings. The average molecular weight is 921 g/mol. The van der Waals surface area contributed by atoms with E-state index in [9.17, 15) is 19.5 Å². The summed E-state index contributed by atoms with van der Waals surface area (Å²) >= 11 is 0. The number of quaternary nitrogens is 1. The molecule has 0 aromatic heterocycles. The fourth-order valence-corrected chi connectivity index (χ4v) is 7.93. The Morgan fingerprint density at radius 2 is 0.831 bits per heavy atom. The number of allylic oxidation sites excluding steroid dienone is 4. The standard InChI is InChI=1S/C56H105NO8/c1-6-8-10-12-14-16-18-20-22-24-25-26-27-28-29-31-32-34-36-38-40-42-44-46-53(58)63-50-52(51-64-56(55(60)61)62-49-48-57(3,4)5)65-54(59)47-45-43-41-39-37-35-33-30-23-21-19-17-15-13-11-9-7-2/h15,17,21,23,52,56H,6-14,16,18-20,22,24-51H2,1-5H3/p+1/b17-15-,23-21-. The van der Waals surface area contributed by atoms with Crippen molar-refractivity contribution < 1.29 is 42.9 Å². The minimum absolute atomic E-state index is 0.180. The molecule has 1 N–H and O–H groups in total. The zero-order valence-corrected chi connectivity index (χ0v) is 43.4. The maximum atomic E-state index is 12.8. The second kappa shape index (κ2) is 48.2. The van der Waals surface area contributed by atoms with Gasteiger partial charge in [-0.25, -0.2) is 4.79 Å². The lowest BCUT2D eigenvalue weighted by Crippen LogP contribution is -2.40. The van der Waals surface area contributed by atoms with Gasteiger partial charge in [-0.05, 0) is 44.9 Å². The predicted octanol–water partition coefficient (Wildman–Crippen LogP) is 15.6. The van der Waals surface area contributed by atoms with Crippen LogP contribution in [0.2, 0.25) is 0 Å². The molecule has 65 heavy (non-hydrogen) atoms. The number of carboxylic acids is 1. The van der Waals surface area contributed by atoms with Gasteiger partial charge in [0.15, 0.2) is 6.10 Å². The molecular weight excluding hydrogens is 815 g/mol. The van der Waals surface area contributed by atoms with Crippen molar-refractivity contribution in [3.8, 4) is 0 Å². The Kier molecular flexibility index (Phi) is 46.6. The van der Waals surface area contributed by atoms with E-state index in [1.807, 2.05) is 21.1 Å². The van der Waals surface area contributed by atoms with Crippen LogP contribution in [-0.2, 0) is 33.3 Å². The Bertz CT molecular complexity index is 1120. The van der Waals surface area contributed by atoms with Crippen molar-refractivity contribution in [3.05, 3.63) is 24.3 Å². The van der Waals surface area contributed by atoms with E-state index in [-0.39, 0.29) is 32.2 Å². The van der Waals surface area contributed by atoms with Gasteiger partial charge in [0.1, 0.15) is 13.2 Å². The van der Waals surface area contributed by atoms with Gasteiger partial charge in [-0.2, -0.15) is 0 Å². The van der Waals surface area contributed by atoms with E-state index in [0.717, 1.165) is 51.4 Å². The van der Waals surface area contributed by atoms with Crippen molar-refractivity contribution in [1.82, 2.24) is 0 Å². The molecule has 2 unspecified atom stereocenters. The van der Waals surface area contributed by atoms with E-state index < -0.39 is 24.3 Å². The highest BCUT2D eigenvalue weighted by molar-refractivity contribution is 5.71. The Labute approximate surface area is 401 Å². The summed E-state index contributed by atoms with van der Waals surface area (Å²) in [7, 11) is 5.97. The smallest absolute Gasteiger partial charge is 0.361 e. The number of carboxylic acid groups (broad SMARTS) is 1. The molecule has 0 saturated carbocycles. The maximum absolute atomic E-state index is 12.8. The summed E-state index contributed by atoms with van der Waals surface area (Å²) < 4.78 is 22.8. The van der Waals surface area contributed by atoms with Gasteiger partial charge in [0.25, 0.3) is 6.29 Å². The molecule has 0 fully saturated rings. The van der Waals surface area contributed by atoms with E-state index in [1.165, 1.54) is 173 Å². The topological polar surface area (TPSA) is 108 Å². The number of aliphatic carboxylic acids is 1. The molecule has 0 spiro atoms. The molecule has 0 saturated heterocycles. The van der Waals surface area contributed by atoms with Crippen molar-refractivity contribution in [2.45, 2.75) is 270 Å². The van der Waals surface area contributed by atoms with Crippen LogP contribution in [-0.4, -0.2) is 87.4 Å². The van der Waals surface area contributed by atoms with Crippen LogP contribution in [0.1, 0.15) is 258 Å². The first-order chi connectivity index (χ1) is 31.6. The summed E-state index contributed by atoms with van der Waals surface area (Å²) in [6, 6.07) is 0. The first-order valence-electron chi connectivity index (χ1n) is 27.5. The molecule has 0 heterocycles. The van der Waals surface area contributed by atoms with E-state index in [2.05, 4.69) is 38.2 Å². The fraction of sp³-hybridized carbons (Fsp3) is 0.875. The molecule has 0 aliphatic rings. The van der Waals surface area contributed by atoms with Crippen molar-refractivity contribution in [2.24, 2.45) is 0 Å². The Morgan fingerprint density at radius 1 is 0.462 bits per heavy atom. The number of carbonyl (C=O) groups excluding carboxylic acids is 2. The summed E-state index contributed by atoms with van der Waals surface area (Å²) in [6.07, 6.45) is 52.5. The Morgan fingerprint density at radius 3 is 1.25 bits per heavy atom. The van der Waals surface area contributed by atoms with Crippen LogP contribution in [0.25, 0.3) is 0 Å². The number of carbonyl (C=O) groups is 3. The molecule has 0 radical (unpaired) electrons. The molecule has 0 aliphatic carbocycles. The van der Waals surface area contributed by atoms with Gasteiger partial charge in [-0.15, -0.1) is 0 Å². The van der Waals surface area contributed by atoms with E-state index >= 15 is 0 Å². The minimum atomic E-state index is -1.51. The Hall–Kier alpha value is -2.23. The quantitative estimate of drug-likeness (QED) is 0.0211. The summed E-state index contributed by atoms with van der Waals surface area (Å²) in [5, 5.41) is 9.68. The molecule has 0 aliphatic heterocycles. The van der Waals surface area contributed by atoms with Gasteiger partial charge in [-0.1, -0.05) is 224 Å². The van der Waals surface area contributed by atoms with E-state index in [4.69, 9.17) is 18.9 Å². The van der Waals surface area contributed by atoms with Gasteiger partial charge < -0.3 is 28.5 Å². The first kappa shape index (κ1) is 62.8. The van der Waals surface area contributed by atoms with Crippen LogP contribution in [0.4, 0.5) is 0 Å². The molecule has 0 rings (SSSR count). The van der Waals surface area contributed by atoms with E-state index in [1.54, 1.807) is 0 Å². The molecule has 9 nitrogen and oxygen atoms in total. The third kappa shape index (κ3) is 49.5. The van der Waals surface area contributed by atoms with Crippen LogP contribution in [0.15, 0.2) is 24.3 Å². The molecule has 0 aromatic carbocycles. The number of rotatable bonds is 51. The summed E-state index contributed by atoms with van der Waals surface area (Å²) in [5.41, 5.74) is 0. The van der Waals surface area contributed by atoms with Crippen molar-refractivity contribution in [3.63, 3.8) is 0 Å². The second-order valence-corrected chi connectivity index (χ2v) is 19.9. The number of likely N-dealkylation sites (N-methyl/N-ethyl adjacent to an activating group) is 1. The lowest BCUT2D eigenvalue weighted by molar-refractivity contribution is -0.870. The number of hydrogen-bond acceptors (Lipinski definition) is 7. The number of ether oxygens (including phenoxy) is 4. The van der Waals surface area contributed by atoms with Crippen molar-refractivity contribution in [2.75, 3.05) is 47.5 Å². The summed E-state index contributed by atoms with van der Waals surface area (Å²) in [6.45, 7) is 4.88. The van der Waals surface area contributed by atoms with Crippen molar-refractivity contribution in [1.29, 1.82) is 0 Å². The van der Waals surface area contributed by atoms with Crippen LogP contribution in [0.5, 0.6) is 0 Å². The van der Waals surface area contributed by atoms with Crippen LogP contribution in [0.3, 0.4) is 0 Å². The number of esters is 2. The fourth-order valence-electron chi connectivity index (χ4n) is 7.93. The molecular formula is C56H106NO8+. The normalized spacial score (nSPS) is 12.9. The highest BCUT2D eigenvalue weighted by Gasteiger charge is 2.25. The maximum Gasteiger partial charge on any atom is 0.361 e. The zero-order valence-electron chi connectivity index (χ0n) is 43.4. The Balaban J connectivity index is 4.24. The minimum Gasteiger partial charge on any atom is -0.477 e. The summed E-state index contributed by atoms with van der Waals surface area (Å²) in [5.74, 6) is -2.00. The average Bonchev–Trinajstić information content (AvgIpc) is 3.27. The van der Waals surface area contributed by atoms with Gasteiger partial charge >= 0.3 is 17.9 Å². The molecule has 9 heteroatoms. The third-order valence-electron chi connectivity index (χ3n) is 12.2. The van der Waals surface area contributed by atoms with Gasteiger partial charge in [0.05, 0.1) is 34.4 Å². The lowest BCUT2D eigenvalue weighted by atomic mass is 10.0. The largest absolute Gasteiger partial charge is 0.477 e. The van der Waals surface area contributed by atoms with Crippen LogP contribution < -0.4 is 0 Å². The highest BCUT2D eigenvalue weighted by atomic mass is 16.7. The van der Waals surface area contributed by atoms with Crippen LogP contribution >= 0.6 is 0 Å². The number of nitrogens with zero attached hydrogens (tertiary/aromatic N) is 1. The van der Waals surface area contributed by atoms with Gasteiger partial charge in [0.2, 0.25) is 0 Å². The molecule has 382 valence electrons. The van der Waals surface area contributed by atoms with Crippen LogP contribution in [0, 0.1) is 0 Å². The predicted molar refractivity (Wildman–Crippen MR) is 272 cm³/mol. The number of hydrogen-bond donors (Lipinski definition) is 1. The highest BCUT2D eigenvalue weighted by Crippen LogP contribution is 2.17. The van der Waals surface area contributed by atoms with Gasteiger partial charge in [-0.3, -0.25) is 9.59 Å². The molecule has 2 atom stereocenters. The third-order valence-corrected chi connectivity index (χ3v) is 12.2. The molecule has 0 bridgehead atoms. The summed E-state index contributed by atoms with van der Waals surface area (Å²) in [4.78, 5) is 37.3. The SMILES string of the molecule is CCCCC/C=C\C/C=C\CCCCCCCCCC(=O)OC(COC(=O)CCCCCCCCCCCCCCCCCCCCCCCCC)COC(OCC[N+](C)(C)C)C(=O)O. The number of unbranched alkanes of at least 4 members (excludes halogenated alkanes) is 32. The van der Waals surface area contributed by atoms with Gasteiger partial charge in [0, 0.05) is 12.8 Å². The monoisotopic (exact) mass is 921 g/mol. The van der Waals surface area contributed by atoms with Crippen molar-refractivity contribution >= 4 is 17.9 Å². The lowest BCUT2D eigenvalue weighted by Gasteiger charge is -2.25.